The molecule has 3 aromatic rings. The Morgan fingerprint density at radius 3 is 2.50 bits per heavy atom. The fraction of sp³-hybridized carbons (Fsp3) is 0.526. The molecule has 1 saturated carbocycles. The molecule has 0 radical (unpaired) electrons. The summed E-state index contributed by atoms with van der Waals surface area (Å²) < 4.78 is 66.5. The highest BCUT2D eigenvalue weighted by Gasteiger charge is 2.44. The van der Waals surface area contributed by atoms with E-state index in [1.54, 1.807) is 4.90 Å². The molecule has 4 heterocycles. The van der Waals surface area contributed by atoms with Gasteiger partial charge in [0, 0.05) is 25.3 Å². The summed E-state index contributed by atoms with van der Waals surface area (Å²) >= 11 is 0. The number of fused-ring (bicyclic) bond motifs is 2. The Morgan fingerprint density at radius 1 is 1.06 bits per heavy atom. The second kappa shape index (κ2) is 7.78. The molecule has 1 N–H and O–H groups in total. The molecule has 1 aliphatic carbocycles. The van der Waals surface area contributed by atoms with E-state index < -0.39 is 24.7 Å². The summed E-state index contributed by atoms with van der Waals surface area (Å²) in [5.41, 5.74) is -0.109. The number of nitrogens with one attached hydrogen (secondary N) is 1. The van der Waals surface area contributed by atoms with Gasteiger partial charge in [-0.1, -0.05) is 0 Å². The van der Waals surface area contributed by atoms with E-state index >= 15 is 0 Å². The minimum absolute atomic E-state index is 0.0675. The molecule has 8 nitrogen and oxygen atoms in total. The first-order chi connectivity index (χ1) is 15.3. The zero-order chi connectivity index (χ0) is 22.5. The summed E-state index contributed by atoms with van der Waals surface area (Å²) in [6.45, 7) is 0.400. The van der Waals surface area contributed by atoms with Gasteiger partial charge in [-0.15, -0.1) is 0 Å². The number of aromatic nitrogens is 6. The quantitative estimate of drug-likeness (QED) is 0.593. The number of alkyl halides is 5. The lowest BCUT2D eigenvalue weighted by molar-refractivity contribution is -0.137. The van der Waals surface area contributed by atoms with Crippen LogP contribution in [0.1, 0.15) is 18.4 Å². The van der Waals surface area contributed by atoms with Crippen LogP contribution in [-0.2, 0) is 12.7 Å². The van der Waals surface area contributed by atoms with Gasteiger partial charge in [0.25, 0.3) is 6.43 Å². The molecule has 32 heavy (non-hydrogen) atoms. The molecule has 3 aromatic heterocycles. The third-order valence-corrected chi connectivity index (χ3v) is 6.06. The van der Waals surface area contributed by atoms with Crippen molar-refractivity contribution in [2.24, 2.45) is 11.8 Å². The highest BCUT2D eigenvalue weighted by atomic mass is 19.4. The van der Waals surface area contributed by atoms with Gasteiger partial charge >= 0.3 is 6.18 Å². The van der Waals surface area contributed by atoms with Crippen molar-refractivity contribution in [2.75, 3.05) is 23.3 Å². The monoisotopic (exact) mass is 454 g/mol. The van der Waals surface area contributed by atoms with Crippen LogP contribution < -0.4 is 10.2 Å². The van der Waals surface area contributed by atoms with Gasteiger partial charge in [-0.3, -0.25) is 0 Å². The van der Waals surface area contributed by atoms with Crippen LogP contribution in [0.15, 0.2) is 24.9 Å². The van der Waals surface area contributed by atoms with Crippen LogP contribution in [0.25, 0.3) is 11.2 Å². The van der Waals surface area contributed by atoms with Crippen LogP contribution in [0, 0.1) is 11.8 Å². The first-order valence-corrected chi connectivity index (χ1v) is 10.1. The van der Waals surface area contributed by atoms with Crippen LogP contribution in [-0.4, -0.2) is 55.3 Å². The van der Waals surface area contributed by atoms with E-state index in [1.807, 2.05) is 0 Å². The lowest BCUT2D eigenvalue weighted by Gasteiger charge is -2.23. The highest BCUT2D eigenvalue weighted by Crippen LogP contribution is 2.43. The third-order valence-electron chi connectivity index (χ3n) is 6.06. The second-order valence-corrected chi connectivity index (χ2v) is 8.18. The Kier molecular flexibility index (Phi) is 5.05. The third kappa shape index (κ3) is 3.91. The first kappa shape index (κ1) is 20.8. The molecule has 0 spiro atoms. The molecular weight excluding hydrogens is 435 g/mol. The van der Waals surface area contributed by atoms with Gasteiger partial charge in [-0.2, -0.15) is 18.3 Å². The molecule has 3 atom stereocenters. The Labute approximate surface area is 178 Å². The zero-order valence-corrected chi connectivity index (χ0v) is 16.7. The molecule has 0 amide bonds. The topological polar surface area (TPSA) is 84.7 Å². The standard InChI is InChI=1S/C19H19F5N8/c20-15(21)8-32-18-14(4-28-32)26-5-16(30-18)29-12-1-10-6-31(7-11(10)2-12)17-13(19(22,23)24)3-25-9-27-17/h3-5,9-12,15H,1-2,6-8H2,(H,29,30)/t10-,11+,12?. The Morgan fingerprint density at radius 2 is 1.81 bits per heavy atom. The van der Waals surface area contributed by atoms with Crippen LogP contribution in [0.5, 0.6) is 0 Å². The Bertz CT molecular complexity index is 1100. The van der Waals surface area contributed by atoms with E-state index in [0.717, 1.165) is 30.0 Å². The minimum Gasteiger partial charge on any atom is -0.366 e. The van der Waals surface area contributed by atoms with Crippen LogP contribution in [0.3, 0.4) is 0 Å². The van der Waals surface area contributed by atoms with E-state index in [0.29, 0.717) is 24.4 Å². The molecule has 2 fully saturated rings. The molecule has 170 valence electrons. The average molecular weight is 454 g/mol. The molecule has 0 bridgehead atoms. The summed E-state index contributed by atoms with van der Waals surface area (Å²) in [6, 6.07) is 0.0675. The molecule has 2 aliphatic rings. The maximum atomic E-state index is 13.3. The largest absolute Gasteiger partial charge is 0.421 e. The molecule has 1 aliphatic heterocycles. The smallest absolute Gasteiger partial charge is 0.366 e. The van der Waals surface area contributed by atoms with Crippen molar-refractivity contribution in [3.05, 3.63) is 30.5 Å². The van der Waals surface area contributed by atoms with E-state index in [-0.39, 0.29) is 29.3 Å². The summed E-state index contributed by atoms with van der Waals surface area (Å²) in [6.07, 6.45) is -0.676. The fourth-order valence-electron chi connectivity index (χ4n) is 4.76. The summed E-state index contributed by atoms with van der Waals surface area (Å²) in [4.78, 5) is 17.7. The Balaban J connectivity index is 1.26. The lowest BCUT2D eigenvalue weighted by Crippen LogP contribution is -2.28. The molecule has 1 unspecified atom stereocenters. The Hall–Kier alpha value is -3.12. The maximum Gasteiger partial charge on any atom is 0.421 e. The van der Waals surface area contributed by atoms with E-state index in [2.05, 4.69) is 30.4 Å². The van der Waals surface area contributed by atoms with Crippen molar-refractivity contribution in [3.8, 4) is 0 Å². The van der Waals surface area contributed by atoms with Gasteiger partial charge in [-0.05, 0) is 24.7 Å². The minimum atomic E-state index is -4.51. The van der Waals surface area contributed by atoms with Crippen molar-refractivity contribution in [3.63, 3.8) is 0 Å². The van der Waals surface area contributed by atoms with Crippen LogP contribution in [0.2, 0.25) is 0 Å². The molecule has 13 heteroatoms. The number of rotatable bonds is 5. The molecular formula is C19H19F5N8. The SMILES string of the molecule is FC(F)Cn1ncc2ncc(NC3C[C@@H]4CN(c5ncncc5C(F)(F)F)C[C@@H]4C3)nc21. The molecule has 1 saturated heterocycles. The first-order valence-electron chi connectivity index (χ1n) is 10.1. The van der Waals surface area contributed by atoms with Crippen molar-refractivity contribution < 1.29 is 22.0 Å². The predicted octanol–water partition coefficient (Wildman–Crippen LogP) is 3.23. The van der Waals surface area contributed by atoms with Gasteiger partial charge in [0.05, 0.1) is 12.4 Å². The maximum absolute atomic E-state index is 13.3. The number of hydrogen-bond acceptors (Lipinski definition) is 7. The van der Waals surface area contributed by atoms with Crippen molar-refractivity contribution in [1.29, 1.82) is 0 Å². The van der Waals surface area contributed by atoms with Crippen LogP contribution in [0.4, 0.5) is 33.6 Å². The van der Waals surface area contributed by atoms with Gasteiger partial charge in [-0.25, -0.2) is 33.4 Å². The number of anilines is 2. The average Bonchev–Trinajstić information content (AvgIpc) is 3.41. The normalized spacial score (nSPS) is 23.3. The molecule has 5 rings (SSSR count). The van der Waals surface area contributed by atoms with Crippen molar-refractivity contribution in [2.45, 2.75) is 38.0 Å². The number of hydrogen-bond donors (Lipinski definition) is 1. The number of nitrogens with zero attached hydrogens (tertiary/aromatic N) is 7. The zero-order valence-electron chi connectivity index (χ0n) is 16.7. The van der Waals surface area contributed by atoms with Crippen molar-refractivity contribution >= 4 is 22.8 Å². The second-order valence-electron chi connectivity index (χ2n) is 8.18. The summed E-state index contributed by atoms with van der Waals surface area (Å²) in [7, 11) is 0. The van der Waals surface area contributed by atoms with Crippen LogP contribution >= 0.6 is 0 Å². The van der Waals surface area contributed by atoms with Crippen molar-refractivity contribution in [1.82, 2.24) is 29.7 Å². The summed E-state index contributed by atoms with van der Waals surface area (Å²) in [5.74, 6) is 0.815. The number of halogens is 5. The fourth-order valence-corrected chi connectivity index (χ4v) is 4.76. The van der Waals surface area contributed by atoms with Gasteiger partial charge in [0.1, 0.15) is 35.6 Å². The summed E-state index contributed by atoms with van der Waals surface area (Å²) in [5, 5.41) is 7.20. The van der Waals surface area contributed by atoms with E-state index in [9.17, 15) is 22.0 Å². The van der Waals surface area contributed by atoms with E-state index in [1.165, 1.54) is 12.4 Å². The van der Waals surface area contributed by atoms with Gasteiger partial charge in [0.2, 0.25) is 0 Å². The molecule has 0 aromatic carbocycles. The van der Waals surface area contributed by atoms with Gasteiger partial charge in [0.15, 0.2) is 5.65 Å². The predicted molar refractivity (Wildman–Crippen MR) is 104 cm³/mol. The van der Waals surface area contributed by atoms with Gasteiger partial charge < -0.3 is 10.2 Å². The highest BCUT2D eigenvalue weighted by molar-refractivity contribution is 5.71. The lowest BCUT2D eigenvalue weighted by atomic mass is 10.0. The van der Waals surface area contributed by atoms with E-state index in [4.69, 9.17) is 0 Å².